The molecule has 0 aliphatic carbocycles. The summed E-state index contributed by atoms with van der Waals surface area (Å²) < 4.78 is 1.73. The van der Waals surface area contributed by atoms with Gasteiger partial charge in [-0.2, -0.15) is 4.41 Å². The maximum absolute atomic E-state index is 10.6. The van der Waals surface area contributed by atoms with E-state index in [-0.39, 0.29) is 0 Å². The molecule has 0 saturated carbocycles. The quantitative estimate of drug-likeness (QED) is 0.481. The molecule has 5 heteroatoms. The van der Waals surface area contributed by atoms with Gasteiger partial charge in [-0.25, -0.2) is 0 Å². The summed E-state index contributed by atoms with van der Waals surface area (Å²) in [6, 6.07) is 0. The van der Waals surface area contributed by atoms with Crippen molar-refractivity contribution in [1.82, 2.24) is 9.84 Å². The predicted octanol–water partition coefficient (Wildman–Crippen LogP) is 1.08. The second-order valence-electron chi connectivity index (χ2n) is 1.93. The molecule has 3 nitrogen and oxygen atoms in total. The normalized spacial score (nSPS) is 19.5. The molecule has 0 bridgehead atoms. The molecule has 0 amide bonds. The molecule has 0 fully saturated rings. The first-order chi connectivity index (χ1) is 4.61. The third-order valence-electron chi connectivity index (χ3n) is 1.07. The van der Waals surface area contributed by atoms with Crippen molar-refractivity contribution >= 4 is 28.8 Å². The van der Waals surface area contributed by atoms with E-state index in [0.717, 1.165) is 5.70 Å². The molecule has 1 aliphatic rings. The Morgan fingerprint density at radius 2 is 2.40 bits per heavy atom. The SMILES string of the molecule is CC1=C(C(=O)Cl)SN(C)N1. The van der Waals surface area contributed by atoms with E-state index in [4.69, 9.17) is 11.6 Å². The number of halogens is 1. The van der Waals surface area contributed by atoms with Crippen LogP contribution in [0.15, 0.2) is 10.6 Å². The average Bonchev–Trinajstić information content (AvgIpc) is 2.10. The smallest absolute Gasteiger partial charge is 0.261 e. The molecule has 1 rings (SSSR count). The van der Waals surface area contributed by atoms with Crippen LogP contribution >= 0.6 is 23.5 Å². The van der Waals surface area contributed by atoms with Crippen molar-refractivity contribution in [2.24, 2.45) is 0 Å². The van der Waals surface area contributed by atoms with Crippen LogP contribution in [-0.2, 0) is 4.79 Å². The molecule has 1 N–H and O–H groups in total. The van der Waals surface area contributed by atoms with Crippen molar-refractivity contribution in [1.29, 1.82) is 0 Å². The van der Waals surface area contributed by atoms with Gasteiger partial charge in [-0.15, -0.1) is 0 Å². The minimum absolute atomic E-state index is 0.403. The molecule has 0 saturated heterocycles. The number of allylic oxidation sites excluding steroid dienone is 2. The van der Waals surface area contributed by atoms with Crippen LogP contribution in [0.5, 0.6) is 0 Å². The molecule has 0 unspecified atom stereocenters. The van der Waals surface area contributed by atoms with Crippen LogP contribution in [0.25, 0.3) is 0 Å². The molecule has 56 valence electrons. The number of hydrazine groups is 1. The van der Waals surface area contributed by atoms with E-state index in [0.29, 0.717) is 4.91 Å². The van der Waals surface area contributed by atoms with Gasteiger partial charge in [-0.1, -0.05) is 0 Å². The molecule has 0 atom stereocenters. The number of nitrogens with zero attached hydrogens (tertiary/aromatic N) is 1. The Kier molecular flexibility index (Phi) is 2.23. The van der Waals surface area contributed by atoms with Gasteiger partial charge in [0.2, 0.25) is 0 Å². The van der Waals surface area contributed by atoms with Gasteiger partial charge in [-0.3, -0.25) is 4.79 Å². The molecule has 0 aromatic heterocycles. The summed E-state index contributed by atoms with van der Waals surface area (Å²) >= 11 is 6.56. The van der Waals surface area contributed by atoms with Crippen molar-refractivity contribution in [2.75, 3.05) is 7.05 Å². The fraction of sp³-hybridized carbons (Fsp3) is 0.400. The van der Waals surface area contributed by atoms with Crippen LogP contribution in [0.3, 0.4) is 0 Å². The van der Waals surface area contributed by atoms with Gasteiger partial charge >= 0.3 is 0 Å². The second-order valence-corrected chi connectivity index (χ2v) is 3.41. The van der Waals surface area contributed by atoms with Crippen molar-refractivity contribution in [3.63, 3.8) is 0 Å². The average molecular weight is 179 g/mol. The molecular formula is C5H7ClN2OS. The van der Waals surface area contributed by atoms with E-state index in [9.17, 15) is 4.79 Å². The fourth-order valence-electron chi connectivity index (χ4n) is 0.698. The summed E-state index contributed by atoms with van der Waals surface area (Å²) in [4.78, 5) is 11.2. The third-order valence-corrected chi connectivity index (χ3v) is 2.41. The molecule has 0 spiro atoms. The lowest BCUT2D eigenvalue weighted by atomic mass is 10.5. The van der Waals surface area contributed by atoms with Crippen molar-refractivity contribution in [3.05, 3.63) is 10.6 Å². The summed E-state index contributed by atoms with van der Waals surface area (Å²) in [5.74, 6) is 0. The maximum atomic E-state index is 10.6. The molecule has 0 aromatic carbocycles. The monoisotopic (exact) mass is 178 g/mol. The van der Waals surface area contributed by atoms with Crippen LogP contribution < -0.4 is 5.43 Å². The van der Waals surface area contributed by atoms with Crippen LogP contribution in [-0.4, -0.2) is 16.7 Å². The topological polar surface area (TPSA) is 32.3 Å². The van der Waals surface area contributed by atoms with E-state index in [1.807, 2.05) is 14.0 Å². The molecule has 1 aliphatic heterocycles. The first-order valence-corrected chi connectivity index (χ1v) is 3.85. The summed E-state index contributed by atoms with van der Waals surface area (Å²) in [5.41, 5.74) is 3.73. The Morgan fingerprint density at radius 1 is 1.80 bits per heavy atom. The van der Waals surface area contributed by atoms with Gasteiger partial charge in [0.15, 0.2) is 0 Å². The first kappa shape index (κ1) is 7.91. The second kappa shape index (κ2) is 2.82. The number of carbonyl (C=O) groups excluding carboxylic acids is 1. The zero-order valence-corrected chi connectivity index (χ0v) is 7.21. The fourth-order valence-corrected chi connectivity index (χ4v) is 1.65. The van der Waals surface area contributed by atoms with Crippen LogP contribution in [0.2, 0.25) is 0 Å². The Balaban J connectivity index is 2.76. The lowest BCUT2D eigenvalue weighted by Gasteiger charge is -2.05. The number of nitrogens with one attached hydrogen (secondary N) is 1. The molecular weight excluding hydrogens is 172 g/mol. The molecule has 0 aromatic rings. The molecule has 1 heterocycles. The van der Waals surface area contributed by atoms with Crippen LogP contribution in [0.4, 0.5) is 0 Å². The Hall–Kier alpha value is -0.190. The van der Waals surface area contributed by atoms with E-state index < -0.39 is 5.24 Å². The van der Waals surface area contributed by atoms with E-state index in [1.165, 1.54) is 11.9 Å². The highest BCUT2D eigenvalue weighted by Gasteiger charge is 2.20. The van der Waals surface area contributed by atoms with Gasteiger partial charge in [0.25, 0.3) is 5.24 Å². The van der Waals surface area contributed by atoms with Gasteiger partial charge in [-0.05, 0) is 30.5 Å². The summed E-state index contributed by atoms with van der Waals surface area (Å²) in [6.45, 7) is 1.81. The van der Waals surface area contributed by atoms with E-state index in [2.05, 4.69) is 5.43 Å². The predicted molar refractivity (Wildman–Crippen MR) is 42.0 cm³/mol. The van der Waals surface area contributed by atoms with E-state index in [1.54, 1.807) is 4.41 Å². The standard InChI is InChI=1S/C5H7ClN2OS/c1-3-4(5(6)9)10-8(2)7-3/h7H,1-2H3. The zero-order valence-electron chi connectivity index (χ0n) is 5.64. The number of carbonyl (C=O) groups is 1. The van der Waals surface area contributed by atoms with Gasteiger partial charge in [0.05, 0.1) is 0 Å². The third kappa shape index (κ3) is 1.45. The number of hydrogen-bond donors (Lipinski definition) is 1. The van der Waals surface area contributed by atoms with Crippen molar-refractivity contribution < 1.29 is 4.79 Å². The largest absolute Gasteiger partial charge is 0.312 e. The van der Waals surface area contributed by atoms with Crippen LogP contribution in [0.1, 0.15) is 6.92 Å². The summed E-state index contributed by atoms with van der Waals surface area (Å²) in [6.07, 6.45) is 0. The van der Waals surface area contributed by atoms with Crippen molar-refractivity contribution in [2.45, 2.75) is 6.92 Å². The first-order valence-electron chi connectivity index (χ1n) is 2.70. The van der Waals surface area contributed by atoms with E-state index >= 15 is 0 Å². The zero-order chi connectivity index (χ0) is 7.72. The Bertz CT molecular complexity index is 204. The van der Waals surface area contributed by atoms with Gasteiger partial charge in [0, 0.05) is 12.7 Å². The summed E-state index contributed by atoms with van der Waals surface area (Å²) in [5, 5.41) is -0.403. The Labute approximate surface area is 68.5 Å². The van der Waals surface area contributed by atoms with Crippen LogP contribution in [0, 0.1) is 0 Å². The minimum Gasteiger partial charge on any atom is -0.312 e. The number of rotatable bonds is 1. The highest BCUT2D eigenvalue weighted by molar-refractivity contribution is 8.02. The van der Waals surface area contributed by atoms with Gasteiger partial charge < -0.3 is 5.43 Å². The highest BCUT2D eigenvalue weighted by Crippen LogP contribution is 2.28. The lowest BCUT2D eigenvalue weighted by molar-refractivity contribution is -0.108. The highest BCUT2D eigenvalue weighted by atomic mass is 35.5. The van der Waals surface area contributed by atoms with Gasteiger partial charge in [0.1, 0.15) is 4.91 Å². The molecule has 0 radical (unpaired) electrons. The minimum atomic E-state index is -0.403. The number of hydrogen-bond acceptors (Lipinski definition) is 4. The summed E-state index contributed by atoms with van der Waals surface area (Å²) in [7, 11) is 1.82. The lowest BCUT2D eigenvalue weighted by Crippen LogP contribution is -2.20. The maximum Gasteiger partial charge on any atom is 0.261 e. The van der Waals surface area contributed by atoms with Crippen molar-refractivity contribution in [3.8, 4) is 0 Å². The molecule has 10 heavy (non-hydrogen) atoms. The Morgan fingerprint density at radius 3 is 2.60 bits per heavy atom.